The minimum atomic E-state index is -4.41. The molecule has 1 saturated heterocycles. The molecule has 1 fully saturated rings. The van der Waals surface area contributed by atoms with Gasteiger partial charge in [0.2, 0.25) is 0 Å². The predicted octanol–water partition coefficient (Wildman–Crippen LogP) is 3.98. The average Bonchev–Trinajstić information content (AvgIpc) is 3.37. The third kappa shape index (κ3) is 6.37. The van der Waals surface area contributed by atoms with Gasteiger partial charge in [0, 0.05) is 32.1 Å². The van der Waals surface area contributed by atoms with Gasteiger partial charge >= 0.3 is 6.18 Å². The molecule has 11 heteroatoms. The van der Waals surface area contributed by atoms with E-state index in [2.05, 4.69) is 31.6 Å². The number of thiazole rings is 1. The van der Waals surface area contributed by atoms with Crippen molar-refractivity contribution in [1.29, 1.82) is 0 Å². The molecule has 30 heavy (non-hydrogen) atoms. The van der Waals surface area contributed by atoms with Gasteiger partial charge in [-0.3, -0.25) is 4.99 Å². The fraction of sp³-hybridized carbons (Fsp3) is 0.474. The second-order valence-electron chi connectivity index (χ2n) is 6.70. The van der Waals surface area contributed by atoms with Gasteiger partial charge in [0.25, 0.3) is 0 Å². The van der Waals surface area contributed by atoms with Gasteiger partial charge in [-0.2, -0.15) is 13.2 Å². The first-order valence-electron chi connectivity index (χ1n) is 9.24. The van der Waals surface area contributed by atoms with Crippen molar-refractivity contribution in [2.45, 2.75) is 19.1 Å². The van der Waals surface area contributed by atoms with Gasteiger partial charge in [0.05, 0.1) is 19.3 Å². The summed E-state index contributed by atoms with van der Waals surface area (Å²) in [5, 5.41) is 7.67. The lowest BCUT2D eigenvalue weighted by molar-refractivity contribution is -0.140. The molecule has 166 valence electrons. The molecular formula is C19H25F3IN5OS. The van der Waals surface area contributed by atoms with Gasteiger partial charge in [0.15, 0.2) is 11.7 Å². The molecule has 1 aliphatic heterocycles. The summed E-state index contributed by atoms with van der Waals surface area (Å²) in [6, 6.07) is 7.96. The van der Waals surface area contributed by atoms with E-state index < -0.39 is 11.9 Å². The van der Waals surface area contributed by atoms with Crippen LogP contribution in [0.5, 0.6) is 5.75 Å². The number of methoxy groups -OCH3 is 1. The van der Waals surface area contributed by atoms with Crippen molar-refractivity contribution < 1.29 is 17.9 Å². The maximum absolute atomic E-state index is 12.6. The average molecular weight is 555 g/mol. The number of ether oxygens (including phenoxy) is 1. The molecule has 2 N–H and O–H groups in total. The van der Waals surface area contributed by atoms with Crippen LogP contribution in [-0.4, -0.2) is 44.7 Å². The van der Waals surface area contributed by atoms with E-state index in [1.54, 1.807) is 14.2 Å². The van der Waals surface area contributed by atoms with Crippen molar-refractivity contribution in [3.05, 3.63) is 40.3 Å². The molecule has 0 aliphatic carbocycles. The van der Waals surface area contributed by atoms with E-state index in [0.717, 1.165) is 54.2 Å². The van der Waals surface area contributed by atoms with Gasteiger partial charge in [-0.1, -0.05) is 12.1 Å². The highest BCUT2D eigenvalue weighted by molar-refractivity contribution is 14.0. The molecular weight excluding hydrogens is 530 g/mol. The van der Waals surface area contributed by atoms with Crippen molar-refractivity contribution in [2.75, 3.05) is 38.7 Å². The summed E-state index contributed by atoms with van der Waals surface area (Å²) < 4.78 is 43.4. The number of para-hydroxylation sites is 2. The lowest BCUT2D eigenvalue weighted by atomic mass is 10.1. The molecule has 0 amide bonds. The zero-order chi connectivity index (χ0) is 20.9. The molecule has 2 aromatic rings. The van der Waals surface area contributed by atoms with E-state index in [0.29, 0.717) is 16.9 Å². The Hall–Kier alpha value is -1.76. The van der Waals surface area contributed by atoms with Crippen molar-refractivity contribution in [2.24, 2.45) is 10.9 Å². The zero-order valence-corrected chi connectivity index (χ0v) is 19.8. The summed E-state index contributed by atoms with van der Waals surface area (Å²) >= 11 is 0.979. The number of aliphatic imine (C=N–C) groups is 1. The minimum absolute atomic E-state index is 0. The maximum atomic E-state index is 12.6. The Labute approximate surface area is 195 Å². The Bertz CT molecular complexity index is 846. The van der Waals surface area contributed by atoms with E-state index in [9.17, 15) is 13.2 Å². The highest BCUT2D eigenvalue weighted by Crippen LogP contribution is 2.32. The molecule has 1 unspecified atom stereocenters. The molecule has 0 saturated carbocycles. The van der Waals surface area contributed by atoms with E-state index in [1.807, 2.05) is 18.2 Å². The van der Waals surface area contributed by atoms with Crippen molar-refractivity contribution >= 4 is 47.0 Å². The largest absolute Gasteiger partial charge is 0.495 e. The summed E-state index contributed by atoms with van der Waals surface area (Å²) in [6.45, 7) is 2.75. The monoisotopic (exact) mass is 555 g/mol. The first-order chi connectivity index (χ1) is 13.9. The normalized spacial score (nSPS) is 16.9. The molecule has 1 aromatic heterocycles. The quantitative estimate of drug-likeness (QED) is 0.321. The SMILES string of the molecule is CN=C(NCc1nc(C(F)(F)F)cs1)NCC1CCN(c2ccccc2OC)C1.I. The topological polar surface area (TPSA) is 61.8 Å². The van der Waals surface area contributed by atoms with Crippen LogP contribution in [0.4, 0.5) is 18.9 Å². The van der Waals surface area contributed by atoms with Gasteiger partial charge in [0.1, 0.15) is 10.8 Å². The number of nitrogens with one attached hydrogen (secondary N) is 2. The van der Waals surface area contributed by atoms with Crippen LogP contribution >= 0.6 is 35.3 Å². The fourth-order valence-electron chi connectivity index (χ4n) is 3.25. The number of anilines is 1. The number of halogens is 4. The Morgan fingerprint density at radius 2 is 2.10 bits per heavy atom. The lowest BCUT2D eigenvalue weighted by Gasteiger charge is -2.21. The molecule has 6 nitrogen and oxygen atoms in total. The van der Waals surface area contributed by atoms with Crippen LogP contribution in [0, 0.1) is 5.92 Å². The second kappa shape index (κ2) is 11.0. The summed E-state index contributed by atoms with van der Waals surface area (Å²) in [7, 11) is 3.30. The van der Waals surface area contributed by atoms with Crippen LogP contribution in [0.2, 0.25) is 0 Å². The first kappa shape index (κ1) is 24.5. The van der Waals surface area contributed by atoms with E-state index in [1.165, 1.54) is 0 Å². The van der Waals surface area contributed by atoms with Crippen LogP contribution in [0.25, 0.3) is 0 Å². The second-order valence-corrected chi connectivity index (χ2v) is 7.65. The zero-order valence-electron chi connectivity index (χ0n) is 16.7. The first-order valence-corrected chi connectivity index (χ1v) is 10.1. The third-order valence-corrected chi connectivity index (χ3v) is 5.59. The summed E-state index contributed by atoms with van der Waals surface area (Å²) in [6.07, 6.45) is -3.38. The molecule has 0 radical (unpaired) electrons. The van der Waals surface area contributed by atoms with Gasteiger partial charge in [-0.25, -0.2) is 4.98 Å². The van der Waals surface area contributed by atoms with Crippen molar-refractivity contribution in [1.82, 2.24) is 15.6 Å². The number of rotatable bonds is 6. The van der Waals surface area contributed by atoms with E-state index in [4.69, 9.17) is 4.74 Å². The van der Waals surface area contributed by atoms with E-state index in [-0.39, 0.29) is 30.5 Å². The van der Waals surface area contributed by atoms with Crippen LogP contribution in [0.15, 0.2) is 34.6 Å². The Balaban J connectivity index is 0.00000320. The highest BCUT2D eigenvalue weighted by Gasteiger charge is 2.33. The smallest absolute Gasteiger partial charge is 0.434 e. The summed E-state index contributed by atoms with van der Waals surface area (Å²) in [5.41, 5.74) is 0.230. The van der Waals surface area contributed by atoms with Crippen LogP contribution in [0.1, 0.15) is 17.1 Å². The van der Waals surface area contributed by atoms with Crippen molar-refractivity contribution in [3.63, 3.8) is 0 Å². The molecule has 3 rings (SSSR count). The highest BCUT2D eigenvalue weighted by atomic mass is 127. The van der Waals surface area contributed by atoms with Gasteiger partial charge < -0.3 is 20.3 Å². The number of benzene rings is 1. The van der Waals surface area contributed by atoms with Crippen LogP contribution in [-0.2, 0) is 12.7 Å². The standard InChI is InChI=1S/C19H24F3N5OS.HI/c1-23-18(25-10-17-26-16(12-29-17)19(20,21)22)24-9-13-7-8-27(11-13)14-5-3-4-6-15(14)28-2;/h3-6,12-13H,7-11H2,1-2H3,(H2,23,24,25);1H. The molecule has 1 aromatic carbocycles. The number of guanidine groups is 1. The Kier molecular flexibility index (Phi) is 9.01. The fourth-order valence-corrected chi connectivity index (χ4v) is 3.99. The molecule has 0 spiro atoms. The number of aromatic nitrogens is 1. The van der Waals surface area contributed by atoms with Gasteiger partial charge in [-0.05, 0) is 24.5 Å². The lowest BCUT2D eigenvalue weighted by Crippen LogP contribution is -2.40. The summed E-state index contributed by atoms with van der Waals surface area (Å²) in [4.78, 5) is 10.1. The number of hydrogen-bond donors (Lipinski definition) is 2. The molecule has 1 aliphatic rings. The maximum Gasteiger partial charge on any atom is 0.434 e. The molecule has 2 heterocycles. The molecule has 1 atom stereocenters. The summed E-state index contributed by atoms with van der Waals surface area (Å²) in [5.74, 6) is 1.83. The number of hydrogen-bond acceptors (Lipinski definition) is 5. The molecule has 0 bridgehead atoms. The van der Waals surface area contributed by atoms with E-state index >= 15 is 0 Å². The van der Waals surface area contributed by atoms with Crippen LogP contribution < -0.4 is 20.3 Å². The Morgan fingerprint density at radius 3 is 2.77 bits per heavy atom. The number of nitrogens with zero attached hydrogens (tertiary/aromatic N) is 3. The Morgan fingerprint density at radius 1 is 1.33 bits per heavy atom. The van der Waals surface area contributed by atoms with Crippen LogP contribution in [0.3, 0.4) is 0 Å². The predicted molar refractivity (Wildman–Crippen MR) is 124 cm³/mol. The van der Waals surface area contributed by atoms with Crippen molar-refractivity contribution in [3.8, 4) is 5.75 Å². The number of alkyl halides is 3. The minimum Gasteiger partial charge on any atom is -0.495 e. The van der Waals surface area contributed by atoms with Gasteiger partial charge in [-0.15, -0.1) is 35.3 Å². The third-order valence-electron chi connectivity index (χ3n) is 4.74.